The molecule has 1 saturated heterocycles. The van der Waals surface area contributed by atoms with Crippen LogP contribution in [0.3, 0.4) is 0 Å². The Kier molecular flexibility index (Phi) is 6.01. The third kappa shape index (κ3) is 4.67. The smallest absolute Gasteiger partial charge is 0.244 e. The van der Waals surface area contributed by atoms with Gasteiger partial charge in [0, 0.05) is 28.7 Å². The summed E-state index contributed by atoms with van der Waals surface area (Å²) >= 11 is 1.71. The Balaban J connectivity index is 1.60. The number of nitrogens with two attached hydrogens (primary N) is 1. The summed E-state index contributed by atoms with van der Waals surface area (Å²) in [6, 6.07) is 16.5. The standard InChI is InChI=1S/C21H26N2O2S/c1-15(2)16-3-7-18(8-4-16)26-19-9-5-17(6-10-19)23-20(24)21(22)11-13-25-14-12-21/h3-10,15H,11-14,22H2,1-2H3,(H,23,24). The summed E-state index contributed by atoms with van der Waals surface area (Å²) in [5.74, 6) is 0.406. The van der Waals surface area contributed by atoms with Crippen LogP contribution < -0.4 is 11.1 Å². The van der Waals surface area contributed by atoms with Crippen molar-refractivity contribution in [3.05, 3.63) is 54.1 Å². The first-order chi connectivity index (χ1) is 12.5. The zero-order chi connectivity index (χ0) is 18.6. The molecule has 0 bridgehead atoms. The molecule has 1 amide bonds. The van der Waals surface area contributed by atoms with Gasteiger partial charge in [-0.25, -0.2) is 0 Å². The molecule has 2 aromatic carbocycles. The largest absolute Gasteiger partial charge is 0.381 e. The maximum Gasteiger partial charge on any atom is 0.244 e. The van der Waals surface area contributed by atoms with Gasteiger partial charge in [-0.1, -0.05) is 37.7 Å². The van der Waals surface area contributed by atoms with Crippen molar-refractivity contribution in [2.75, 3.05) is 18.5 Å². The lowest BCUT2D eigenvalue weighted by atomic mass is 9.90. The molecule has 1 fully saturated rings. The van der Waals surface area contributed by atoms with Gasteiger partial charge in [-0.3, -0.25) is 4.79 Å². The van der Waals surface area contributed by atoms with Crippen LogP contribution in [0.15, 0.2) is 58.3 Å². The second kappa shape index (κ2) is 8.25. The molecule has 3 N–H and O–H groups in total. The molecule has 1 aliphatic rings. The van der Waals surface area contributed by atoms with Crippen LogP contribution in [-0.2, 0) is 9.53 Å². The number of anilines is 1. The lowest BCUT2D eigenvalue weighted by Gasteiger charge is -2.31. The van der Waals surface area contributed by atoms with E-state index >= 15 is 0 Å². The van der Waals surface area contributed by atoms with E-state index < -0.39 is 5.54 Å². The molecule has 26 heavy (non-hydrogen) atoms. The van der Waals surface area contributed by atoms with Gasteiger partial charge in [0.25, 0.3) is 0 Å². The Morgan fingerprint density at radius 1 is 1.04 bits per heavy atom. The Labute approximate surface area is 159 Å². The molecule has 0 radical (unpaired) electrons. The molecule has 0 spiro atoms. The van der Waals surface area contributed by atoms with Gasteiger partial charge in [0.2, 0.25) is 5.91 Å². The molecule has 0 aliphatic carbocycles. The first-order valence-corrected chi connectivity index (χ1v) is 9.84. The molecular weight excluding hydrogens is 344 g/mol. The number of ether oxygens (including phenoxy) is 1. The normalized spacial score (nSPS) is 16.5. The van der Waals surface area contributed by atoms with E-state index in [0.29, 0.717) is 32.0 Å². The van der Waals surface area contributed by atoms with Crippen LogP contribution in [0.4, 0.5) is 5.69 Å². The van der Waals surface area contributed by atoms with Gasteiger partial charge < -0.3 is 15.8 Å². The van der Waals surface area contributed by atoms with E-state index in [4.69, 9.17) is 10.5 Å². The molecule has 0 aromatic heterocycles. The summed E-state index contributed by atoms with van der Waals surface area (Å²) in [6.45, 7) is 5.46. The third-order valence-corrected chi connectivity index (χ3v) is 5.75. The Morgan fingerprint density at radius 3 is 2.12 bits per heavy atom. The van der Waals surface area contributed by atoms with E-state index in [1.807, 2.05) is 24.3 Å². The summed E-state index contributed by atoms with van der Waals surface area (Å²) in [6.07, 6.45) is 1.11. The van der Waals surface area contributed by atoms with Gasteiger partial charge in [0.1, 0.15) is 5.54 Å². The number of carbonyl (C=O) groups is 1. The van der Waals surface area contributed by atoms with E-state index in [1.54, 1.807) is 11.8 Å². The number of amides is 1. The van der Waals surface area contributed by atoms with E-state index in [2.05, 4.69) is 43.4 Å². The average molecular weight is 371 g/mol. The van der Waals surface area contributed by atoms with Gasteiger partial charge >= 0.3 is 0 Å². The quantitative estimate of drug-likeness (QED) is 0.818. The Morgan fingerprint density at radius 2 is 1.58 bits per heavy atom. The summed E-state index contributed by atoms with van der Waals surface area (Å²) in [5, 5.41) is 2.93. The summed E-state index contributed by atoms with van der Waals surface area (Å²) in [7, 11) is 0. The molecule has 1 aliphatic heterocycles. The predicted octanol–water partition coefficient (Wildman–Crippen LogP) is 4.41. The van der Waals surface area contributed by atoms with Crippen molar-refractivity contribution in [3.63, 3.8) is 0 Å². The van der Waals surface area contributed by atoms with Crippen LogP contribution in [0.25, 0.3) is 0 Å². The van der Waals surface area contributed by atoms with Crippen molar-refractivity contribution in [2.24, 2.45) is 5.73 Å². The molecule has 1 heterocycles. The third-order valence-electron chi connectivity index (χ3n) is 4.73. The average Bonchev–Trinajstić information content (AvgIpc) is 2.64. The molecule has 0 saturated carbocycles. The Bertz CT molecular complexity index is 736. The molecule has 4 nitrogen and oxygen atoms in total. The topological polar surface area (TPSA) is 64.4 Å². The van der Waals surface area contributed by atoms with E-state index in [1.165, 1.54) is 10.5 Å². The highest BCUT2D eigenvalue weighted by molar-refractivity contribution is 7.99. The SMILES string of the molecule is CC(C)c1ccc(Sc2ccc(NC(=O)C3(N)CCOCC3)cc2)cc1. The summed E-state index contributed by atoms with van der Waals surface area (Å²) < 4.78 is 5.30. The van der Waals surface area contributed by atoms with Crippen LogP contribution >= 0.6 is 11.8 Å². The fourth-order valence-electron chi connectivity index (χ4n) is 2.88. The fraction of sp³-hybridized carbons (Fsp3) is 0.381. The van der Waals surface area contributed by atoms with Crippen molar-refractivity contribution >= 4 is 23.4 Å². The minimum absolute atomic E-state index is 0.134. The zero-order valence-electron chi connectivity index (χ0n) is 15.3. The van der Waals surface area contributed by atoms with Gasteiger partial charge in [-0.15, -0.1) is 0 Å². The zero-order valence-corrected chi connectivity index (χ0v) is 16.1. The highest BCUT2D eigenvalue weighted by atomic mass is 32.2. The minimum Gasteiger partial charge on any atom is -0.381 e. The number of hydrogen-bond donors (Lipinski definition) is 2. The molecular formula is C21H26N2O2S. The van der Waals surface area contributed by atoms with Crippen LogP contribution in [0.1, 0.15) is 38.2 Å². The van der Waals surface area contributed by atoms with E-state index in [-0.39, 0.29) is 5.91 Å². The van der Waals surface area contributed by atoms with Gasteiger partial charge in [-0.2, -0.15) is 0 Å². The van der Waals surface area contributed by atoms with Crippen molar-refractivity contribution in [2.45, 2.75) is 47.9 Å². The van der Waals surface area contributed by atoms with Crippen LogP contribution in [0, 0.1) is 0 Å². The molecule has 5 heteroatoms. The lowest BCUT2D eigenvalue weighted by molar-refractivity contribution is -0.124. The van der Waals surface area contributed by atoms with Gasteiger partial charge in [-0.05, 0) is 60.7 Å². The first-order valence-electron chi connectivity index (χ1n) is 9.02. The highest BCUT2D eigenvalue weighted by Gasteiger charge is 2.35. The van der Waals surface area contributed by atoms with Crippen molar-refractivity contribution in [3.8, 4) is 0 Å². The van der Waals surface area contributed by atoms with E-state index in [0.717, 1.165) is 10.6 Å². The second-order valence-corrected chi connectivity index (χ2v) is 8.22. The number of hydrogen-bond acceptors (Lipinski definition) is 4. The summed E-state index contributed by atoms with van der Waals surface area (Å²) in [5.41, 5.74) is 7.50. The maximum atomic E-state index is 12.5. The first kappa shape index (κ1) is 19.0. The highest BCUT2D eigenvalue weighted by Crippen LogP contribution is 2.30. The molecule has 0 unspecified atom stereocenters. The fourth-order valence-corrected chi connectivity index (χ4v) is 3.70. The Hall–Kier alpha value is -1.82. The maximum absolute atomic E-state index is 12.5. The number of rotatable bonds is 5. The van der Waals surface area contributed by atoms with Crippen molar-refractivity contribution in [1.29, 1.82) is 0 Å². The van der Waals surface area contributed by atoms with Crippen molar-refractivity contribution < 1.29 is 9.53 Å². The monoisotopic (exact) mass is 370 g/mol. The number of carbonyl (C=O) groups excluding carboxylic acids is 1. The molecule has 2 aromatic rings. The molecule has 3 rings (SSSR count). The second-order valence-electron chi connectivity index (χ2n) is 7.07. The van der Waals surface area contributed by atoms with Crippen molar-refractivity contribution in [1.82, 2.24) is 0 Å². The van der Waals surface area contributed by atoms with Crippen LogP contribution in [0.5, 0.6) is 0 Å². The predicted molar refractivity (Wildman–Crippen MR) is 107 cm³/mol. The van der Waals surface area contributed by atoms with Crippen LogP contribution in [0.2, 0.25) is 0 Å². The lowest BCUT2D eigenvalue weighted by Crippen LogP contribution is -2.54. The number of benzene rings is 2. The number of nitrogens with one attached hydrogen (secondary N) is 1. The van der Waals surface area contributed by atoms with Crippen LogP contribution in [-0.4, -0.2) is 24.7 Å². The minimum atomic E-state index is -0.830. The van der Waals surface area contributed by atoms with Gasteiger partial charge in [0.15, 0.2) is 0 Å². The summed E-state index contributed by atoms with van der Waals surface area (Å²) in [4.78, 5) is 14.8. The van der Waals surface area contributed by atoms with E-state index in [9.17, 15) is 4.79 Å². The van der Waals surface area contributed by atoms with Gasteiger partial charge in [0.05, 0.1) is 0 Å². The molecule has 0 atom stereocenters. The molecule has 138 valence electrons.